The predicted molar refractivity (Wildman–Crippen MR) is 153 cm³/mol. The van der Waals surface area contributed by atoms with Crippen LogP contribution in [0.5, 0.6) is 0 Å². The first-order valence-corrected chi connectivity index (χ1v) is 14.4. The van der Waals surface area contributed by atoms with Crippen molar-refractivity contribution < 1.29 is 22.9 Å². The monoisotopic (exact) mass is 566 g/mol. The molecule has 0 bridgehead atoms. The number of hydrogen-bond acceptors (Lipinski definition) is 6. The number of hydrogen-bond donors (Lipinski definition) is 1. The van der Waals surface area contributed by atoms with Crippen LogP contribution < -0.4 is 9.62 Å². The Morgan fingerprint density at radius 2 is 1.62 bits per heavy atom. The SMILES string of the molecule is CCC(C)NC(=O)C(C)N(Cc1ccc(C)cc1)C(=O)CN(c1cccc([N+](=O)[O-])c1)S(=O)(=O)c1ccccc1. The van der Waals surface area contributed by atoms with Gasteiger partial charge in [0.2, 0.25) is 11.8 Å². The lowest BCUT2D eigenvalue weighted by Gasteiger charge is -2.32. The number of benzene rings is 3. The Kier molecular flexibility index (Phi) is 10.0. The van der Waals surface area contributed by atoms with Crippen molar-refractivity contribution >= 4 is 33.2 Å². The van der Waals surface area contributed by atoms with Gasteiger partial charge in [-0.05, 0) is 51.0 Å². The lowest BCUT2D eigenvalue weighted by atomic mass is 10.1. The summed E-state index contributed by atoms with van der Waals surface area (Å²) < 4.78 is 28.4. The minimum Gasteiger partial charge on any atom is -0.352 e. The smallest absolute Gasteiger partial charge is 0.271 e. The highest BCUT2D eigenvalue weighted by Gasteiger charge is 2.33. The molecule has 1 N–H and O–H groups in total. The molecule has 0 radical (unpaired) electrons. The first-order valence-electron chi connectivity index (χ1n) is 12.9. The van der Waals surface area contributed by atoms with Crippen LogP contribution in [0.4, 0.5) is 11.4 Å². The number of aryl methyl sites for hydroxylation is 1. The van der Waals surface area contributed by atoms with Crippen LogP contribution in [0.1, 0.15) is 38.3 Å². The third-order valence-electron chi connectivity index (χ3n) is 6.58. The molecule has 40 heavy (non-hydrogen) atoms. The van der Waals surface area contributed by atoms with E-state index in [9.17, 15) is 28.1 Å². The molecule has 3 aromatic rings. The van der Waals surface area contributed by atoms with Crippen LogP contribution in [-0.2, 0) is 26.2 Å². The van der Waals surface area contributed by atoms with Crippen LogP contribution >= 0.6 is 0 Å². The molecule has 0 aliphatic heterocycles. The van der Waals surface area contributed by atoms with E-state index in [1.54, 1.807) is 25.1 Å². The van der Waals surface area contributed by atoms with Gasteiger partial charge in [0.25, 0.3) is 15.7 Å². The highest BCUT2D eigenvalue weighted by atomic mass is 32.2. The molecular weight excluding hydrogens is 532 g/mol. The van der Waals surface area contributed by atoms with Gasteiger partial charge in [0, 0.05) is 24.7 Å². The van der Waals surface area contributed by atoms with Gasteiger partial charge >= 0.3 is 0 Å². The fourth-order valence-electron chi connectivity index (χ4n) is 3.95. The number of nitro benzene ring substituents is 1. The summed E-state index contributed by atoms with van der Waals surface area (Å²) in [6.07, 6.45) is 0.695. The molecule has 2 unspecified atom stereocenters. The maximum Gasteiger partial charge on any atom is 0.271 e. The fourth-order valence-corrected chi connectivity index (χ4v) is 5.38. The Balaban J connectivity index is 2.05. The number of nitrogens with zero attached hydrogens (tertiary/aromatic N) is 3. The van der Waals surface area contributed by atoms with Crippen molar-refractivity contribution in [1.29, 1.82) is 0 Å². The van der Waals surface area contributed by atoms with Gasteiger partial charge in [-0.25, -0.2) is 8.42 Å². The van der Waals surface area contributed by atoms with Crippen LogP contribution in [0.2, 0.25) is 0 Å². The van der Waals surface area contributed by atoms with Crippen LogP contribution in [0, 0.1) is 17.0 Å². The quantitative estimate of drug-likeness (QED) is 0.255. The Labute approximate surface area is 234 Å². The summed E-state index contributed by atoms with van der Waals surface area (Å²) in [7, 11) is -4.31. The molecule has 0 fully saturated rings. The van der Waals surface area contributed by atoms with Crippen LogP contribution in [0.15, 0.2) is 83.8 Å². The number of anilines is 1. The molecule has 10 nitrogen and oxygen atoms in total. The predicted octanol–water partition coefficient (Wildman–Crippen LogP) is 4.43. The number of carbonyl (C=O) groups is 2. The highest BCUT2D eigenvalue weighted by Crippen LogP contribution is 2.27. The summed E-state index contributed by atoms with van der Waals surface area (Å²) in [6, 6.07) is 19.0. The van der Waals surface area contributed by atoms with E-state index in [1.165, 1.54) is 35.2 Å². The molecule has 0 aromatic heterocycles. The van der Waals surface area contributed by atoms with E-state index in [4.69, 9.17) is 0 Å². The summed E-state index contributed by atoms with van der Waals surface area (Å²) >= 11 is 0. The molecule has 0 aliphatic carbocycles. The summed E-state index contributed by atoms with van der Waals surface area (Å²) in [4.78, 5) is 39.0. The zero-order valence-corrected chi connectivity index (χ0v) is 23.8. The maximum atomic E-state index is 13.9. The zero-order chi connectivity index (χ0) is 29.4. The summed E-state index contributed by atoms with van der Waals surface area (Å²) in [5.41, 5.74) is 1.42. The van der Waals surface area contributed by atoms with E-state index in [0.29, 0.717) is 6.42 Å². The number of sulfonamides is 1. The zero-order valence-electron chi connectivity index (χ0n) is 23.0. The van der Waals surface area contributed by atoms with Crippen molar-refractivity contribution in [2.24, 2.45) is 0 Å². The van der Waals surface area contributed by atoms with Gasteiger partial charge in [0.15, 0.2) is 0 Å². The highest BCUT2D eigenvalue weighted by molar-refractivity contribution is 7.92. The summed E-state index contributed by atoms with van der Waals surface area (Å²) in [6.45, 7) is 6.69. The molecule has 0 aliphatic rings. The van der Waals surface area contributed by atoms with Crippen molar-refractivity contribution in [3.8, 4) is 0 Å². The van der Waals surface area contributed by atoms with Gasteiger partial charge < -0.3 is 10.2 Å². The molecule has 2 atom stereocenters. The minimum atomic E-state index is -4.31. The van der Waals surface area contributed by atoms with Crippen molar-refractivity contribution in [3.05, 3.63) is 100 Å². The number of nitro groups is 1. The molecule has 0 heterocycles. The first-order chi connectivity index (χ1) is 18.9. The lowest BCUT2D eigenvalue weighted by molar-refractivity contribution is -0.384. The lowest BCUT2D eigenvalue weighted by Crippen LogP contribution is -2.52. The fraction of sp³-hybridized carbons (Fsp3) is 0.310. The molecule has 11 heteroatoms. The van der Waals surface area contributed by atoms with Gasteiger partial charge in [-0.1, -0.05) is 61.0 Å². The van der Waals surface area contributed by atoms with Crippen molar-refractivity contribution in [1.82, 2.24) is 10.2 Å². The third kappa shape index (κ3) is 7.44. The molecule has 0 saturated heterocycles. The summed E-state index contributed by atoms with van der Waals surface area (Å²) in [5.74, 6) is -1.01. The van der Waals surface area contributed by atoms with Gasteiger partial charge in [-0.3, -0.25) is 24.0 Å². The Morgan fingerprint density at radius 1 is 0.975 bits per heavy atom. The van der Waals surface area contributed by atoms with E-state index < -0.39 is 33.4 Å². The Bertz CT molecular complexity index is 1440. The van der Waals surface area contributed by atoms with Gasteiger partial charge in [-0.2, -0.15) is 0 Å². The maximum absolute atomic E-state index is 13.9. The van der Waals surface area contributed by atoms with E-state index in [0.717, 1.165) is 21.5 Å². The van der Waals surface area contributed by atoms with Gasteiger partial charge in [0.05, 0.1) is 15.5 Å². The average molecular weight is 567 g/mol. The summed E-state index contributed by atoms with van der Waals surface area (Å²) in [5, 5.41) is 14.3. The molecule has 2 amide bonds. The van der Waals surface area contributed by atoms with Crippen molar-refractivity contribution in [2.45, 2.75) is 57.6 Å². The second kappa shape index (κ2) is 13.2. The Hall–Kier alpha value is -4.25. The van der Waals surface area contributed by atoms with Crippen LogP contribution in [0.25, 0.3) is 0 Å². The third-order valence-corrected chi connectivity index (χ3v) is 8.37. The van der Waals surface area contributed by atoms with Crippen molar-refractivity contribution in [3.63, 3.8) is 0 Å². The van der Waals surface area contributed by atoms with Crippen molar-refractivity contribution in [2.75, 3.05) is 10.8 Å². The minimum absolute atomic E-state index is 0.0431. The number of rotatable bonds is 12. The van der Waals surface area contributed by atoms with E-state index in [2.05, 4.69) is 5.32 Å². The molecule has 0 spiro atoms. The van der Waals surface area contributed by atoms with Crippen LogP contribution in [0.3, 0.4) is 0 Å². The number of carbonyl (C=O) groups excluding carboxylic acids is 2. The van der Waals surface area contributed by atoms with E-state index in [1.807, 2.05) is 45.0 Å². The molecule has 3 rings (SSSR count). The first kappa shape index (κ1) is 30.3. The van der Waals surface area contributed by atoms with Gasteiger partial charge in [0.1, 0.15) is 12.6 Å². The van der Waals surface area contributed by atoms with Crippen LogP contribution in [-0.4, -0.2) is 48.7 Å². The van der Waals surface area contributed by atoms with Gasteiger partial charge in [-0.15, -0.1) is 0 Å². The van der Waals surface area contributed by atoms with E-state index >= 15 is 0 Å². The second-order valence-electron chi connectivity index (χ2n) is 9.60. The molecule has 3 aromatic carbocycles. The second-order valence-corrected chi connectivity index (χ2v) is 11.5. The normalized spacial score (nSPS) is 12.7. The average Bonchev–Trinajstić information content (AvgIpc) is 2.95. The largest absolute Gasteiger partial charge is 0.352 e. The molecule has 212 valence electrons. The standard InChI is InChI=1S/C29H34N4O6S/c1-5-22(3)30-29(35)23(4)31(19-24-16-14-21(2)15-17-24)28(34)20-32(25-10-9-11-26(18-25)33(36)37)40(38,39)27-12-7-6-8-13-27/h6-18,22-23H,5,19-20H2,1-4H3,(H,30,35). The Morgan fingerprint density at radius 3 is 2.23 bits per heavy atom. The van der Waals surface area contributed by atoms with E-state index in [-0.39, 0.29) is 34.8 Å². The number of non-ortho nitro benzene ring substituents is 1. The molecular formula is C29H34N4O6S. The molecule has 0 saturated carbocycles. The topological polar surface area (TPSA) is 130 Å². The number of amides is 2. The number of nitrogens with one attached hydrogen (secondary N) is 1.